The Labute approximate surface area is 168 Å². The van der Waals surface area contributed by atoms with Crippen LogP contribution in [-0.2, 0) is 11.8 Å². The summed E-state index contributed by atoms with van der Waals surface area (Å²) < 4.78 is 17.3. The Bertz CT molecular complexity index is 1110. The fraction of sp³-hybridized carbons (Fsp3) is 0.364. The number of methoxy groups -OCH3 is 2. The minimum Gasteiger partial charge on any atom is -0.493 e. The van der Waals surface area contributed by atoms with Crippen molar-refractivity contribution >= 4 is 22.7 Å². The monoisotopic (exact) mass is 396 g/mol. The number of nitrogens with one attached hydrogen (secondary N) is 1. The highest BCUT2D eigenvalue weighted by Gasteiger charge is 2.34. The third kappa shape index (κ3) is 3.85. The predicted molar refractivity (Wildman–Crippen MR) is 110 cm³/mol. The van der Waals surface area contributed by atoms with E-state index in [9.17, 15) is 9.59 Å². The second-order valence-corrected chi connectivity index (χ2v) is 7.42. The van der Waals surface area contributed by atoms with Crippen LogP contribution in [0.5, 0.6) is 11.5 Å². The lowest BCUT2D eigenvalue weighted by molar-refractivity contribution is -0.116. The molecule has 1 aliphatic rings. The summed E-state index contributed by atoms with van der Waals surface area (Å²) in [6.45, 7) is 0. The van der Waals surface area contributed by atoms with Crippen molar-refractivity contribution < 1.29 is 18.7 Å². The van der Waals surface area contributed by atoms with Crippen LogP contribution in [0.3, 0.4) is 0 Å². The molecule has 152 valence electrons. The van der Waals surface area contributed by atoms with E-state index in [0.29, 0.717) is 40.6 Å². The SMILES string of the molecule is COc1ccc(C(CC(=O)Nc2ccc3oc(=O)n(C)c3c2)C2CC2)cc1OC. The van der Waals surface area contributed by atoms with E-state index in [2.05, 4.69) is 5.32 Å². The molecular weight excluding hydrogens is 372 g/mol. The van der Waals surface area contributed by atoms with Gasteiger partial charge in [-0.05, 0) is 60.6 Å². The van der Waals surface area contributed by atoms with Crippen molar-refractivity contribution in [3.05, 3.63) is 52.5 Å². The fourth-order valence-electron chi connectivity index (χ4n) is 3.75. The highest BCUT2D eigenvalue weighted by molar-refractivity contribution is 5.93. The molecule has 0 bridgehead atoms. The van der Waals surface area contributed by atoms with Gasteiger partial charge in [0.05, 0.1) is 19.7 Å². The zero-order valence-corrected chi connectivity index (χ0v) is 16.7. The summed E-state index contributed by atoms with van der Waals surface area (Å²) in [5.74, 6) is 1.47. The Hall–Kier alpha value is -3.22. The van der Waals surface area contributed by atoms with Crippen molar-refractivity contribution in [1.29, 1.82) is 0 Å². The molecule has 1 N–H and O–H groups in total. The van der Waals surface area contributed by atoms with E-state index in [4.69, 9.17) is 13.9 Å². The van der Waals surface area contributed by atoms with Gasteiger partial charge in [0, 0.05) is 19.2 Å². The van der Waals surface area contributed by atoms with Gasteiger partial charge in [-0.2, -0.15) is 0 Å². The van der Waals surface area contributed by atoms with E-state index in [1.807, 2.05) is 18.2 Å². The third-order valence-electron chi connectivity index (χ3n) is 5.51. The molecule has 1 unspecified atom stereocenters. The average molecular weight is 396 g/mol. The molecule has 1 saturated carbocycles. The van der Waals surface area contributed by atoms with Gasteiger partial charge in [0.25, 0.3) is 0 Å². The van der Waals surface area contributed by atoms with Crippen LogP contribution < -0.4 is 20.5 Å². The lowest BCUT2D eigenvalue weighted by Crippen LogP contribution is -2.17. The van der Waals surface area contributed by atoms with Gasteiger partial charge in [-0.3, -0.25) is 9.36 Å². The second-order valence-electron chi connectivity index (χ2n) is 7.42. The number of carbonyl (C=O) groups is 1. The zero-order valence-electron chi connectivity index (χ0n) is 16.7. The van der Waals surface area contributed by atoms with E-state index in [1.165, 1.54) is 4.57 Å². The van der Waals surface area contributed by atoms with E-state index in [-0.39, 0.29) is 11.8 Å². The molecule has 4 rings (SSSR count). The largest absolute Gasteiger partial charge is 0.493 e. The van der Waals surface area contributed by atoms with Gasteiger partial charge in [0.15, 0.2) is 17.1 Å². The number of amides is 1. The van der Waals surface area contributed by atoms with Crippen LogP contribution >= 0.6 is 0 Å². The Balaban J connectivity index is 1.53. The first-order valence-electron chi connectivity index (χ1n) is 9.61. The summed E-state index contributed by atoms with van der Waals surface area (Å²) in [6.07, 6.45) is 2.62. The number of aryl methyl sites for hydroxylation is 1. The summed E-state index contributed by atoms with van der Waals surface area (Å²) in [7, 11) is 4.86. The van der Waals surface area contributed by atoms with Crippen molar-refractivity contribution in [1.82, 2.24) is 4.57 Å². The van der Waals surface area contributed by atoms with Crippen LogP contribution in [0.15, 0.2) is 45.6 Å². The number of anilines is 1. The summed E-state index contributed by atoms with van der Waals surface area (Å²) >= 11 is 0. The molecule has 1 aromatic heterocycles. The van der Waals surface area contributed by atoms with Crippen LogP contribution in [-0.4, -0.2) is 24.7 Å². The third-order valence-corrected chi connectivity index (χ3v) is 5.51. The highest BCUT2D eigenvalue weighted by atomic mass is 16.5. The Morgan fingerprint density at radius 2 is 1.93 bits per heavy atom. The first-order chi connectivity index (χ1) is 14.0. The molecular formula is C22H24N2O5. The van der Waals surface area contributed by atoms with Gasteiger partial charge in [-0.1, -0.05) is 6.07 Å². The van der Waals surface area contributed by atoms with Crippen molar-refractivity contribution in [2.24, 2.45) is 13.0 Å². The Morgan fingerprint density at radius 3 is 2.62 bits per heavy atom. The molecule has 0 radical (unpaired) electrons. The van der Waals surface area contributed by atoms with Crippen LogP contribution in [0.4, 0.5) is 5.69 Å². The number of benzene rings is 2. The van der Waals surface area contributed by atoms with Crippen molar-refractivity contribution in [3.8, 4) is 11.5 Å². The number of ether oxygens (including phenoxy) is 2. The van der Waals surface area contributed by atoms with Crippen LogP contribution in [0, 0.1) is 5.92 Å². The van der Waals surface area contributed by atoms with E-state index >= 15 is 0 Å². The van der Waals surface area contributed by atoms with Gasteiger partial charge < -0.3 is 19.2 Å². The number of rotatable bonds is 7. The maximum Gasteiger partial charge on any atom is 0.419 e. The molecule has 29 heavy (non-hydrogen) atoms. The lowest BCUT2D eigenvalue weighted by atomic mass is 9.90. The van der Waals surface area contributed by atoms with Crippen molar-refractivity contribution in [3.63, 3.8) is 0 Å². The quantitative estimate of drug-likeness (QED) is 0.659. The number of fused-ring (bicyclic) bond motifs is 1. The van der Waals surface area contributed by atoms with Crippen LogP contribution in [0.1, 0.15) is 30.7 Å². The second kappa shape index (κ2) is 7.66. The highest BCUT2D eigenvalue weighted by Crippen LogP contribution is 2.46. The first-order valence-corrected chi connectivity index (χ1v) is 9.61. The number of hydrogen-bond acceptors (Lipinski definition) is 5. The Kier molecular flexibility index (Phi) is 5.05. The van der Waals surface area contributed by atoms with E-state index < -0.39 is 5.76 Å². The minimum absolute atomic E-state index is 0.0653. The van der Waals surface area contributed by atoms with E-state index in [0.717, 1.165) is 18.4 Å². The minimum atomic E-state index is -0.425. The smallest absolute Gasteiger partial charge is 0.419 e. The summed E-state index contributed by atoms with van der Waals surface area (Å²) in [4.78, 5) is 24.4. The standard InChI is InChI=1S/C22H24N2O5/c1-24-17-11-15(7-9-18(17)29-22(24)26)23-21(25)12-16(13-4-5-13)14-6-8-19(27-2)20(10-14)28-3/h6-11,13,16H,4-5,12H2,1-3H3,(H,23,25). The number of hydrogen-bond donors (Lipinski definition) is 1. The van der Waals surface area contributed by atoms with Crippen molar-refractivity contribution in [2.45, 2.75) is 25.2 Å². The summed E-state index contributed by atoms with van der Waals surface area (Å²) in [5, 5.41) is 2.95. The summed E-state index contributed by atoms with van der Waals surface area (Å²) in [6, 6.07) is 11.0. The van der Waals surface area contributed by atoms with Gasteiger partial charge in [0.2, 0.25) is 5.91 Å². The molecule has 0 saturated heterocycles. The average Bonchev–Trinajstić information content (AvgIpc) is 3.53. The summed E-state index contributed by atoms with van der Waals surface area (Å²) in [5.41, 5.74) is 2.86. The molecule has 1 amide bonds. The molecule has 1 heterocycles. The molecule has 0 spiro atoms. The van der Waals surface area contributed by atoms with Gasteiger partial charge in [0.1, 0.15) is 0 Å². The zero-order chi connectivity index (χ0) is 20.5. The van der Waals surface area contributed by atoms with Gasteiger partial charge in [-0.25, -0.2) is 4.79 Å². The lowest BCUT2D eigenvalue weighted by Gasteiger charge is -2.18. The molecule has 7 nitrogen and oxygen atoms in total. The topological polar surface area (TPSA) is 82.7 Å². The fourth-order valence-corrected chi connectivity index (χ4v) is 3.75. The first kappa shape index (κ1) is 19.1. The predicted octanol–water partition coefficient (Wildman–Crippen LogP) is 3.67. The molecule has 1 aliphatic carbocycles. The number of nitrogens with zero attached hydrogens (tertiary/aromatic N) is 1. The maximum atomic E-state index is 12.8. The van der Waals surface area contributed by atoms with Crippen LogP contribution in [0.25, 0.3) is 11.1 Å². The molecule has 7 heteroatoms. The van der Waals surface area contributed by atoms with Crippen molar-refractivity contribution in [2.75, 3.05) is 19.5 Å². The van der Waals surface area contributed by atoms with Gasteiger partial charge >= 0.3 is 5.76 Å². The molecule has 0 aliphatic heterocycles. The molecule has 1 atom stereocenters. The van der Waals surface area contributed by atoms with Gasteiger partial charge in [-0.15, -0.1) is 0 Å². The molecule has 2 aromatic carbocycles. The Morgan fingerprint density at radius 1 is 1.17 bits per heavy atom. The maximum absolute atomic E-state index is 12.8. The van der Waals surface area contributed by atoms with Crippen LogP contribution in [0.2, 0.25) is 0 Å². The number of carbonyl (C=O) groups excluding carboxylic acids is 1. The van der Waals surface area contributed by atoms with E-state index in [1.54, 1.807) is 39.5 Å². The number of aromatic nitrogens is 1. The normalized spacial score (nSPS) is 14.6. The number of oxazole rings is 1. The molecule has 3 aromatic rings. The molecule has 1 fully saturated rings.